The first-order chi connectivity index (χ1) is 8.81. The lowest BCUT2D eigenvalue weighted by Crippen LogP contribution is -2.68. The molecule has 0 unspecified atom stereocenters. The van der Waals surface area contributed by atoms with Crippen molar-refractivity contribution in [2.45, 2.75) is 29.2 Å². The van der Waals surface area contributed by atoms with E-state index < -0.39 is 44.2 Å². The minimum atomic E-state index is -7.91. The van der Waals surface area contributed by atoms with E-state index in [4.69, 9.17) is 0 Å². The molecule has 0 amide bonds. The molecular formula is C5HF12NO2S. The zero-order valence-electron chi connectivity index (χ0n) is 8.76. The number of sulfonamides is 1. The van der Waals surface area contributed by atoms with E-state index in [1.54, 1.807) is 0 Å². The third-order valence-corrected chi connectivity index (χ3v) is 3.08. The first-order valence-electron chi connectivity index (χ1n) is 4.01. The van der Waals surface area contributed by atoms with Crippen molar-refractivity contribution < 1.29 is 61.2 Å². The Balaban J connectivity index is 6.27. The molecule has 0 saturated heterocycles. The lowest BCUT2D eigenvalue weighted by molar-refractivity contribution is -0.413. The van der Waals surface area contributed by atoms with Crippen LogP contribution < -0.4 is 4.94 Å². The van der Waals surface area contributed by atoms with Gasteiger partial charge in [0.1, 0.15) is 0 Å². The molecule has 0 atom stereocenters. The van der Waals surface area contributed by atoms with Crippen LogP contribution in [-0.2, 0) is 10.0 Å². The minimum absolute atomic E-state index is 1.07. The van der Waals surface area contributed by atoms with Gasteiger partial charge in [-0.25, -0.2) is 8.42 Å². The van der Waals surface area contributed by atoms with Crippen LogP contribution in [0.4, 0.5) is 52.8 Å². The van der Waals surface area contributed by atoms with Crippen molar-refractivity contribution in [3.63, 3.8) is 0 Å². The van der Waals surface area contributed by atoms with E-state index in [1.165, 1.54) is 0 Å². The van der Waals surface area contributed by atoms with E-state index in [0.717, 1.165) is 0 Å². The number of hydrogen-bond donors (Lipinski definition) is 1. The number of rotatable bonds is 5. The summed E-state index contributed by atoms with van der Waals surface area (Å²) in [6.45, 7) is 0. The van der Waals surface area contributed by atoms with Crippen LogP contribution in [0.3, 0.4) is 0 Å². The summed E-state index contributed by atoms with van der Waals surface area (Å²) < 4.78 is 166. The number of halogens is 12. The fourth-order valence-electron chi connectivity index (χ4n) is 0.775. The highest BCUT2D eigenvalue weighted by atomic mass is 32.2. The maximum atomic E-state index is 12.6. The molecule has 0 aliphatic rings. The zero-order chi connectivity index (χ0) is 17.7. The average molecular weight is 367 g/mol. The molecule has 1 N–H and O–H groups in total. The largest absolute Gasteiger partial charge is 0.460 e. The highest BCUT2D eigenvalue weighted by Gasteiger charge is 2.89. The van der Waals surface area contributed by atoms with Crippen LogP contribution in [0.5, 0.6) is 0 Å². The van der Waals surface area contributed by atoms with Gasteiger partial charge in [-0.15, -0.1) is 4.48 Å². The monoisotopic (exact) mass is 367 g/mol. The summed E-state index contributed by atoms with van der Waals surface area (Å²) in [5.74, 6) is -23.5. The predicted octanol–water partition coefficient (Wildman–Crippen LogP) is 2.85. The fraction of sp³-hybridized carbons (Fsp3) is 1.00. The molecule has 0 heterocycles. The molecule has 0 rings (SSSR count). The second-order valence-electron chi connectivity index (χ2n) is 3.32. The Bertz CT molecular complexity index is 492. The molecule has 0 aromatic carbocycles. The first-order valence-corrected chi connectivity index (χ1v) is 5.49. The zero-order valence-corrected chi connectivity index (χ0v) is 9.58. The Morgan fingerprint density at radius 3 is 1.19 bits per heavy atom. The van der Waals surface area contributed by atoms with Gasteiger partial charge in [0, 0.05) is 0 Å². The van der Waals surface area contributed by atoms with Gasteiger partial charge in [0.05, 0.1) is 0 Å². The van der Waals surface area contributed by atoms with Crippen molar-refractivity contribution in [3.05, 3.63) is 0 Å². The van der Waals surface area contributed by atoms with Gasteiger partial charge >= 0.3 is 39.2 Å². The van der Waals surface area contributed by atoms with Crippen LogP contribution in [0, 0.1) is 0 Å². The summed E-state index contributed by atoms with van der Waals surface area (Å²) >= 11 is 0. The number of nitrogens with one attached hydrogen (secondary N) is 1. The van der Waals surface area contributed by atoms with E-state index in [9.17, 15) is 61.2 Å². The average Bonchev–Trinajstić information content (AvgIpc) is 2.26. The molecule has 0 radical (unpaired) electrons. The summed E-state index contributed by atoms with van der Waals surface area (Å²) in [5.41, 5.74) is 0. The van der Waals surface area contributed by atoms with Crippen molar-refractivity contribution >= 4 is 10.0 Å². The second-order valence-corrected chi connectivity index (χ2v) is 4.99. The van der Waals surface area contributed by atoms with Gasteiger partial charge < -0.3 is 0 Å². The molecule has 0 bridgehead atoms. The van der Waals surface area contributed by atoms with Crippen LogP contribution in [0.25, 0.3) is 0 Å². The van der Waals surface area contributed by atoms with Gasteiger partial charge in [-0.1, -0.05) is 0 Å². The quantitative estimate of drug-likeness (QED) is 0.600. The highest BCUT2D eigenvalue weighted by molar-refractivity contribution is 7.90. The number of hydrogen-bond acceptors (Lipinski definition) is 2. The van der Waals surface area contributed by atoms with Gasteiger partial charge in [0.15, 0.2) is 0 Å². The molecular weight excluding hydrogens is 366 g/mol. The van der Waals surface area contributed by atoms with Gasteiger partial charge in [-0.3, -0.25) is 0 Å². The minimum Gasteiger partial charge on any atom is -0.203 e. The normalized spacial score (nSPS) is 16.2. The molecule has 0 aromatic heterocycles. The summed E-state index contributed by atoms with van der Waals surface area (Å²) in [5, 5.41) is -7.33. The molecule has 16 heteroatoms. The summed E-state index contributed by atoms with van der Waals surface area (Å²) in [4.78, 5) is -1.07. The molecule has 0 saturated carbocycles. The number of alkyl halides is 11. The smallest absolute Gasteiger partial charge is 0.203 e. The summed E-state index contributed by atoms with van der Waals surface area (Å²) in [6, 6.07) is 0. The van der Waals surface area contributed by atoms with Crippen molar-refractivity contribution in [3.8, 4) is 0 Å². The van der Waals surface area contributed by atoms with E-state index in [0.29, 0.717) is 0 Å². The maximum absolute atomic E-state index is 12.6. The topological polar surface area (TPSA) is 46.2 Å². The van der Waals surface area contributed by atoms with Crippen molar-refractivity contribution in [1.82, 2.24) is 4.94 Å². The molecule has 0 spiro atoms. The molecule has 0 aliphatic heterocycles. The van der Waals surface area contributed by atoms with E-state index in [1.807, 2.05) is 0 Å². The first kappa shape index (κ1) is 20.1. The van der Waals surface area contributed by atoms with E-state index in [-0.39, 0.29) is 0 Å². The molecule has 0 aliphatic carbocycles. The lowest BCUT2D eigenvalue weighted by Gasteiger charge is -2.36. The highest BCUT2D eigenvalue weighted by Crippen LogP contribution is 2.58. The van der Waals surface area contributed by atoms with Gasteiger partial charge in [-0.05, 0) is 4.94 Å². The van der Waals surface area contributed by atoms with Crippen LogP contribution in [0.2, 0.25) is 0 Å². The SMILES string of the molecule is O=S(=O)(NF)C(F)(F)C(F)(F)C(F)(F)C(F)(F)C(F)(F)F. The Morgan fingerprint density at radius 1 is 0.619 bits per heavy atom. The maximum Gasteiger partial charge on any atom is 0.460 e. The Hall–Kier alpha value is -0.930. The Kier molecular flexibility index (Phi) is 4.57. The van der Waals surface area contributed by atoms with Crippen LogP contribution in [0.1, 0.15) is 0 Å². The van der Waals surface area contributed by atoms with Crippen molar-refractivity contribution in [2.24, 2.45) is 0 Å². The van der Waals surface area contributed by atoms with Gasteiger partial charge in [0.25, 0.3) is 0 Å². The van der Waals surface area contributed by atoms with Crippen LogP contribution >= 0.6 is 0 Å². The molecule has 128 valence electrons. The molecule has 0 aromatic rings. The molecule has 3 nitrogen and oxygen atoms in total. The second kappa shape index (κ2) is 4.79. The van der Waals surface area contributed by atoms with E-state index in [2.05, 4.69) is 0 Å². The van der Waals surface area contributed by atoms with Crippen molar-refractivity contribution in [1.29, 1.82) is 0 Å². The van der Waals surface area contributed by atoms with Crippen LogP contribution in [-0.4, -0.2) is 37.6 Å². The third kappa shape index (κ3) is 2.51. The third-order valence-electron chi connectivity index (χ3n) is 1.95. The Morgan fingerprint density at radius 2 is 0.952 bits per heavy atom. The van der Waals surface area contributed by atoms with Gasteiger partial charge in [-0.2, -0.15) is 48.3 Å². The Labute approximate surface area is 106 Å². The predicted molar refractivity (Wildman–Crippen MR) is 39.0 cm³/mol. The fourth-order valence-corrected chi connectivity index (χ4v) is 1.34. The lowest BCUT2D eigenvalue weighted by atomic mass is 10.0. The van der Waals surface area contributed by atoms with Crippen molar-refractivity contribution in [2.75, 3.05) is 0 Å². The van der Waals surface area contributed by atoms with Gasteiger partial charge in [0.2, 0.25) is 0 Å². The molecule has 21 heavy (non-hydrogen) atoms. The summed E-state index contributed by atoms with van der Waals surface area (Å²) in [6.07, 6.45) is -7.43. The molecule has 0 fully saturated rings. The van der Waals surface area contributed by atoms with E-state index >= 15 is 0 Å². The standard InChI is InChI=1S/C5HF12NO2S/c6-1(7,2(8,9)4(12,13)14)3(10,11)5(15,16)21(19,20)18-17/h18H. The van der Waals surface area contributed by atoms with Crippen LogP contribution in [0.15, 0.2) is 0 Å². The summed E-state index contributed by atoms with van der Waals surface area (Å²) in [7, 11) is -7.33.